The molecular weight excluding hydrogens is 274 g/mol. The molecule has 1 aromatic heterocycles. The minimum atomic E-state index is -1.50. The third kappa shape index (κ3) is 2.84. The van der Waals surface area contributed by atoms with Gasteiger partial charge < -0.3 is 14.0 Å². The van der Waals surface area contributed by atoms with Crippen molar-refractivity contribution in [2.45, 2.75) is 32.2 Å². The summed E-state index contributed by atoms with van der Waals surface area (Å²) in [6.07, 6.45) is 4.74. The highest BCUT2D eigenvalue weighted by atomic mass is 16.6. The number of hydrogen-bond acceptors (Lipinski definition) is 5. The maximum atomic E-state index is 12.7. The molecule has 1 aliphatic rings. The fourth-order valence-electron chi connectivity index (χ4n) is 2.40. The van der Waals surface area contributed by atoms with Gasteiger partial charge in [0.05, 0.1) is 13.2 Å². The van der Waals surface area contributed by atoms with Crippen LogP contribution in [0.3, 0.4) is 0 Å². The molecule has 0 bridgehead atoms. The fraction of sp³-hybridized carbons (Fsp3) is 0.533. The van der Waals surface area contributed by atoms with Crippen LogP contribution in [0.1, 0.15) is 26.7 Å². The van der Waals surface area contributed by atoms with E-state index in [1.54, 1.807) is 42.9 Å². The zero-order valence-corrected chi connectivity index (χ0v) is 12.2. The second kappa shape index (κ2) is 6.11. The molecule has 1 heterocycles. The Bertz CT molecular complexity index is 512. The summed E-state index contributed by atoms with van der Waals surface area (Å²) in [7, 11) is 0. The van der Waals surface area contributed by atoms with Crippen molar-refractivity contribution in [2.24, 2.45) is 5.92 Å². The summed E-state index contributed by atoms with van der Waals surface area (Å²) in [5.41, 5.74) is -0.812. The average Bonchev–Trinajstić information content (AvgIpc) is 3.07. The molecule has 0 N–H and O–H groups in total. The number of nitrogens with zero attached hydrogens (tertiary/aromatic N) is 1. The lowest BCUT2D eigenvalue weighted by Gasteiger charge is -2.21. The van der Waals surface area contributed by atoms with Crippen LogP contribution in [0.5, 0.6) is 0 Å². The van der Waals surface area contributed by atoms with Gasteiger partial charge in [0.2, 0.25) is 5.92 Å². The van der Waals surface area contributed by atoms with E-state index in [0.29, 0.717) is 12.8 Å². The molecule has 0 radical (unpaired) electrons. The zero-order chi connectivity index (χ0) is 15.5. The molecule has 1 saturated carbocycles. The molecule has 0 aromatic carbocycles. The van der Waals surface area contributed by atoms with Gasteiger partial charge in [-0.2, -0.15) is 0 Å². The van der Waals surface area contributed by atoms with Crippen molar-refractivity contribution < 1.29 is 23.9 Å². The summed E-state index contributed by atoms with van der Waals surface area (Å²) in [5, 5.41) is 0. The van der Waals surface area contributed by atoms with Crippen molar-refractivity contribution in [3.05, 3.63) is 24.5 Å². The first-order valence-corrected chi connectivity index (χ1v) is 7.08. The normalized spacial score (nSPS) is 15.6. The third-order valence-corrected chi connectivity index (χ3v) is 3.59. The smallest absolute Gasteiger partial charge is 0.328 e. The highest BCUT2D eigenvalue weighted by Gasteiger charge is 2.57. The van der Waals surface area contributed by atoms with E-state index in [0.717, 1.165) is 0 Å². The molecule has 1 fully saturated rings. The fourth-order valence-corrected chi connectivity index (χ4v) is 2.40. The molecule has 21 heavy (non-hydrogen) atoms. The lowest BCUT2D eigenvalue weighted by atomic mass is 9.96. The van der Waals surface area contributed by atoms with E-state index in [-0.39, 0.29) is 13.2 Å². The van der Waals surface area contributed by atoms with Gasteiger partial charge in [-0.05, 0) is 38.8 Å². The number of carbonyl (C=O) groups excluding carboxylic acids is 3. The van der Waals surface area contributed by atoms with Crippen LogP contribution in [-0.2, 0) is 29.4 Å². The van der Waals surface area contributed by atoms with Gasteiger partial charge in [-0.25, -0.2) is 0 Å². The van der Waals surface area contributed by atoms with Gasteiger partial charge in [-0.3, -0.25) is 14.4 Å². The van der Waals surface area contributed by atoms with Crippen LogP contribution in [0, 0.1) is 5.92 Å². The van der Waals surface area contributed by atoms with Crippen molar-refractivity contribution in [3.8, 4) is 0 Å². The van der Waals surface area contributed by atoms with Gasteiger partial charge in [0.25, 0.3) is 0 Å². The Balaban J connectivity index is 2.26. The van der Waals surface area contributed by atoms with Gasteiger partial charge >= 0.3 is 11.9 Å². The predicted molar refractivity (Wildman–Crippen MR) is 73.4 cm³/mol. The van der Waals surface area contributed by atoms with E-state index in [1.165, 1.54) is 0 Å². The topological polar surface area (TPSA) is 74.6 Å². The van der Waals surface area contributed by atoms with Gasteiger partial charge in [0.1, 0.15) is 5.54 Å². The molecule has 0 spiro atoms. The number of aromatic nitrogens is 1. The average molecular weight is 293 g/mol. The Morgan fingerprint density at radius 1 is 1.05 bits per heavy atom. The minimum absolute atomic E-state index is 0.110. The van der Waals surface area contributed by atoms with E-state index in [2.05, 4.69) is 0 Å². The molecular formula is C15H19NO5. The van der Waals surface area contributed by atoms with E-state index in [1.807, 2.05) is 0 Å². The van der Waals surface area contributed by atoms with Crippen molar-refractivity contribution in [1.29, 1.82) is 0 Å². The van der Waals surface area contributed by atoms with Crippen LogP contribution in [0.15, 0.2) is 24.5 Å². The van der Waals surface area contributed by atoms with Crippen LogP contribution >= 0.6 is 0 Å². The monoisotopic (exact) mass is 293 g/mol. The largest absolute Gasteiger partial charge is 0.465 e. The molecule has 0 unspecified atom stereocenters. The van der Waals surface area contributed by atoms with Crippen LogP contribution in [0.2, 0.25) is 0 Å². The number of rotatable bonds is 7. The zero-order valence-electron chi connectivity index (χ0n) is 12.2. The molecule has 114 valence electrons. The summed E-state index contributed by atoms with van der Waals surface area (Å²) in [5.74, 6) is -3.62. The SMILES string of the molecule is CCOC(=O)C(C(=O)OCC)C(=O)C1(n2cccc2)CC1. The van der Waals surface area contributed by atoms with E-state index >= 15 is 0 Å². The number of ketones is 1. The standard InChI is InChI=1S/C15H19NO5/c1-3-20-13(18)11(14(19)21-4-2)12(17)15(7-8-15)16-9-5-6-10-16/h5-6,9-11H,3-4,7-8H2,1-2H3. The van der Waals surface area contributed by atoms with Crippen LogP contribution < -0.4 is 0 Å². The molecule has 0 atom stereocenters. The first kappa shape index (κ1) is 15.3. The van der Waals surface area contributed by atoms with Gasteiger partial charge in [-0.15, -0.1) is 0 Å². The van der Waals surface area contributed by atoms with Crippen LogP contribution in [-0.4, -0.2) is 35.5 Å². The number of Topliss-reactive ketones (excluding diaryl/α,β-unsaturated/α-hetero) is 1. The lowest BCUT2D eigenvalue weighted by Crippen LogP contribution is -2.42. The summed E-state index contributed by atoms with van der Waals surface area (Å²) >= 11 is 0. The van der Waals surface area contributed by atoms with E-state index < -0.39 is 29.2 Å². The molecule has 1 aliphatic carbocycles. The van der Waals surface area contributed by atoms with E-state index in [4.69, 9.17) is 9.47 Å². The quantitative estimate of drug-likeness (QED) is 0.559. The first-order chi connectivity index (χ1) is 10.1. The summed E-state index contributed by atoms with van der Waals surface area (Å²) in [6.45, 7) is 3.48. The van der Waals surface area contributed by atoms with Gasteiger partial charge in [0, 0.05) is 12.4 Å². The summed E-state index contributed by atoms with van der Waals surface area (Å²) in [4.78, 5) is 36.7. The molecule has 1 aromatic rings. The Morgan fingerprint density at radius 2 is 1.52 bits per heavy atom. The van der Waals surface area contributed by atoms with Crippen molar-refractivity contribution in [2.75, 3.05) is 13.2 Å². The van der Waals surface area contributed by atoms with Crippen LogP contribution in [0.25, 0.3) is 0 Å². The molecule has 0 aliphatic heterocycles. The Kier molecular flexibility index (Phi) is 4.45. The predicted octanol–water partition coefficient (Wildman–Crippen LogP) is 1.29. The van der Waals surface area contributed by atoms with Crippen LogP contribution in [0.4, 0.5) is 0 Å². The Hall–Kier alpha value is -2.11. The molecule has 0 amide bonds. The van der Waals surface area contributed by atoms with Crippen molar-refractivity contribution in [3.63, 3.8) is 0 Å². The molecule has 2 rings (SSSR count). The van der Waals surface area contributed by atoms with Gasteiger partial charge in [-0.1, -0.05) is 0 Å². The van der Waals surface area contributed by atoms with E-state index in [9.17, 15) is 14.4 Å². The van der Waals surface area contributed by atoms with Crippen molar-refractivity contribution in [1.82, 2.24) is 4.57 Å². The first-order valence-electron chi connectivity index (χ1n) is 7.08. The molecule has 6 nitrogen and oxygen atoms in total. The highest BCUT2D eigenvalue weighted by Crippen LogP contribution is 2.46. The minimum Gasteiger partial charge on any atom is -0.465 e. The lowest BCUT2D eigenvalue weighted by molar-refractivity contribution is -0.165. The third-order valence-electron chi connectivity index (χ3n) is 3.59. The maximum Gasteiger partial charge on any atom is 0.328 e. The second-order valence-corrected chi connectivity index (χ2v) is 4.92. The van der Waals surface area contributed by atoms with Crippen molar-refractivity contribution >= 4 is 17.7 Å². The molecule has 0 saturated heterocycles. The molecule has 6 heteroatoms. The highest BCUT2D eigenvalue weighted by molar-refractivity contribution is 6.18. The van der Waals surface area contributed by atoms with Gasteiger partial charge in [0.15, 0.2) is 5.78 Å². The Morgan fingerprint density at radius 3 is 1.90 bits per heavy atom. The second-order valence-electron chi connectivity index (χ2n) is 4.92. The number of carbonyl (C=O) groups is 3. The number of hydrogen-bond donors (Lipinski definition) is 0. The number of esters is 2. The summed E-state index contributed by atoms with van der Waals surface area (Å²) in [6, 6.07) is 3.61. The summed E-state index contributed by atoms with van der Waals surface area (Å²) < 4.78 is 11.5. The number of ether oxygens (including phenoxy) is 2. The maximum absolute atomic E-state index is 12.7. The Labute approximate surface area is 123 Å².